The van der Waals surface area contributed by atoms with E-state index in [1.165, 1.54) is 11.1 Å². The zero-order valence-electron chi connectivity index (χ0n) is 24.3. The maximum Gasteiger partial charge on any atom is 0.317 e. The molecule has 2 heterocycles. The summed E-state index contributed by atoms with van der Waals surface area (Å²) in [6.07, 6.45) is 0.985. The zero-order chi connectivity index (χ0) is 28.5. The lowest BCUT2D eigenvalue weighted by Crippen LogP contribution is -2.50. The van der Waals surface area contributed by atoms with Crippen molar-refractivity contribution in [3.05, 3.63) is 64.9 Å². The van der Waals surface area contributed by atoms with Crippen LogP contribution in [0.15, 0.2) is 46.9 Å². The smallest absolute Gasteiger partial charge is 0.317 e. The summed E-state index contributed by atoms with van der Waals surface area (Å²) in [4.78, 5) is 12.8. The molecule has 7 nitrogen and oxygen atoms in total. The molecule has 1 saturated heterocycles. The summed E-state index contributed by atoms with van der Waals surface area (Å²) in [5.74, 6) is 0.733. The maximum absolute atomic E-state index is 11.1. The highest BCUT2D eigenvalue weighted by molar-refractivity contribution is 5.79. The van der Waals surface area contributed by atoms with Gasteiger partial charge in [0.2, 0.25) is 0 Å². The molecular formula is C32H43NO6. The summed E-state index contributed by atoms with van der Waals surface area (Å²) in [5, 5.41) is 20.6. The van der Waals surface area contributed by atoms with E-state index < -0.39 is 12.1 Å². The molecule has 7 heteroatoms. The molecule has 3 aromatic rings. The van der Waals surface area contributed by atoms with Gasteiger partial charge in [-0.2, -0.15) is 0 Å². The quantitative estimate of drug-likeness (QED) is 0.306. The molecule has 0 spiro atoms. The first-order valence-corrected chi connectivity index (χ1v) is 13.9. The Labute approximate surface area is 231 Å². The molecule has 39 heavy (non-hydrogen) atoms. The number of carboxylic acids is 1. The van der Waals surface area contributed by atoms with E-state index in [-0.39, 0.29) is 36.1 Å². The van der Waals surface area contributed by atoms with Gasteiger partial charge in [0.25, 0.3) is 0 Å². The minimum atomic E-state index is -0.881. The summed E-state index contributed by atoms with van der Waals surface area (Å²) in [5.41, 5.74) is 3.86. The average molecular weight is 538 g/mol. The second-order valence-corrected chi connectivity index (χ2v) is 12.0. The Morgan fingerprint density at radius 2 is 1.77 bits per heavy atom. The molecule has 4 rings (SSSR count). The van der Waals surface area contributed by atoms with Gasteiger partial charge in [-0.15, -0.1) is 0 Å². The fourth-order valence-corrected chi connectivity index (χ4v) is 5.53. The van der Waals surface area contributed by atoms with E-state index in [0.717, 1.165) is 40.9 Å². The second-order valence-electron chi connectivity index (χ2n) is 12.0. The summed E-state index contributed by atoms with van der Waals surface area (Å²) < 4.78 is 18.0. The van der Waals surface area contributed by atoms with Crippen molar-refractivity contribution < 1.29 is 28.9 Å². The Balaban J connectivity index is 1.60. The van der Waals surface area contributed by atoms with Crippen LogP contribution < -0.4 is 4.74 Å². The van der Waals surface area contributed by atoms with Crippen LogP contribution in [-0.4, -0.2) is 60.2 Å². The molecule has 0 radical (unpaired) electrons. The lowest BCUT2D eigenvalue weighted by Gasteiger charge is -2.40. The number of aliphatic hydroxyl groups is 1. The molecule has 1 aliphatic rings. The number of carbonyl (C=O) groups is 1. The minimum absolute atomic E-state index is 0.000645. The van der Waals surface area contributed by atoms with Crippen LogP contribution in [0.3, 0.4) is 0 Å². The van der Waals surface area contributed by atoms with Gasteiger partial charge in [-0.25, -0.2) is 0 Å². The number of carboxylic acid groups (broad SMARTS) is 1. The molecular weight excluding hydrogens is 494 g/mol. The third kappa shape index (κ3) is 5.86. The molecule has 1 fully saturated rings. The van der Waals surface area contributed by atoms with Crippen molar-refractivity contribution in [3.8, 4) is 5.75 Å². The van der Waals surface area contributed by atoms with E-state index in [1.54, 1.807) is 11.9 Å². The summed E-state index contributed by atoms with van der Waals surface area (Å²) in [6.45, 7) is 13.2. The van der Waals surface area contributed by atoms with Crippen molar-refractivity contribution in [1.82, 2.24) is 4.90 Å². The highest BCUT2D eigenvalue weighted by atomic mass is 16.5. The van der Waals surface area contributed by atoms with Gasteiger partial charge in [0.1, 0.15) is 29.9 Å². The summed E-state index contributed by atoms with van der Waals surface area (Å²) >= 11 is 0. The third-order valence-electron chi connectivity index (χ3n) is 8.40. The van der Waals surface area contributed by atoms with E-state index in [4.69, 9.17) is 19.0 Å². The molecule has 3 atom stereocenters. The van der Waals surface area contributed by atoms with Crippen LogP contribution in [0, 0.1) is 12.3 Å². The van der Waals surface area contributed by atoms with Gasteiger partial charge in [0, 0.05) is 10.8 Å². The molecule has 1 aromatic heterocycles. The number of fused-ring (bicyclic) bond motifs is 1. The maximum atomic E-state index is 11.1. The van der Waals surface area contributed by atoms with Crippen LogP contribution in [-0.2, 0) is 14.9 Å². The second kappa shape index (κ2) is 11.3. The predicted molar refractivity (Wildman–Crippen MR) is 152 cm³/mol. The standard InChI is InChI=1S/C32H43NO6/c1-8-32(9-2,22-12-13-25(20(3)14-22)37-19-28(34)31(4,5)6)23-11-10-21-15-27(39-26(21)16-23)24-18-38-30(24)33(7)17-29(35)36/h10-16,24,28,30,34H,8-9,17-19H2,1-7H3,(H,35,36). The van der Waals surface area contributed by atoms with Gasteiger partial charge in [0.15, 0.2) is 0 Å². The monoisotopic (exact) mass is 537 g/mol. The highest BCUT2D eigenvalue weighted by Crippen LogP contribution is 2.43. The average Bonchev–Trinajstić information content (AvgIpc) is 3.25. The topological polar surface area (TPSA) is 92.4 Å². The van der Waals surface area contributed by atoms with Crippen LogP contribution in [0.5, 0.6) is 5.75 Å². The number of aliphatic carboxylic acids is 1. The Morgan fingerprint density at radius 1 is 1.10 bits per heavy atom. The molecule has 2 N–H and O–H groups in total. The normalized spacial score (nSPS) is 18.8. The van der Waals surface area contributed by atoms with Crippen LogP contribution in [0.2, 0.25) is 0 Å². The number of aryl methyl sites for hydroxylation is 1. The van der Waals surface area contributed by atoms with Gasteiger partial charge < -0.3 is 24.1 Å². The fourth-order valence-electron chi connectivity index (χ4n) is 5.53. The van der Waals surface area contributed by atoms with E-state index in [9.17, 15) is 9.90 Å². The highest BCUT2D eigenvalue weighted by Gasteiger charge is 2.40. The van der Waals surface area contributed by atoms with E-state index in [2.05, 4.69) is 57.2 Å². The summed E-state index contributed by atoms with van der Waals surface area (Å²) in [7, 11) is 1.76. The van der Waals surface area contributed by atoms with E-state index in [1.807, 2.05) is 26.8 Å². The van der Waals surface area contributed by atoms with E-state index >= 15 is 0 Å². The van der Waals surface area contributed by atoms with Crippen LogP contribution in [0.1, 0.15) is 75.8 Å². The van der Waals surface area contributed by atoms with Crippen molar-refractivity contribution in [2.75, 3.05) is 26.8 Å². The Kier molecular flexibility index (Phi) is 8.45. The molecule has 2 aromatic carbocycles. The minimum Gasteiger partial charge on any atom is -0.491 e. The Bertz CT molecular complexity index is 1300. The number of aliphatic hydroxyl groups excluding tert-OH is 1. The zero-order valence-corrected chi connectivity index (χ0v) is 24.3. The number of furan rings is 1. The van der Waals surface area contributed by atoms with Crippen LogP contribution in [0.4, 0.5) is 0 Å². The van der Waals surface area contributed by atoms with Gasteiger partial charge in [-0.05, 0) is 67.1 Å². The van der Waals surface area contributed by atoms with Crippen LogP contribution in [0.25, 0.3) is 11.0 Å². The number of rotatable bonds is 11. The number of nitrogens with zero attached hydrogens (tertiary/aromatic N) is 1. The molecule has 3 unspecified atom stereocenters. The molecule has 0 saturated carbocycles. The molecule has 0 amide bonds. The van der Waals surface area contributed by atoms with Gasteiger partial charge in [-0.3, -0.25) is 9.69 Å². The fraction of sp³-hybridized carbons (Fsp3) is 0.531. The largest absolute Gasteiger partial charge is 0.491 e. The Hall–Kier alpha value is -2.87. The molecule has 0 aliphatic carbocycles. The first-order valence-electron chi connectivity index (χ1n) is 13.9. The van der Waals surface area contributed by atoms with Crippen molar-refractivity contribution in [1.29, 1.82) is 0 Å². The number of hydrogen-bond acceptors (Lipinski definition) is 6. The van der Waals surface area contributed by atoms with Crippen molar-refractivity contribution in [2.24, 2.45) is 5.41 Å². The predicted octanol–water partition coefficient (Wildman–Crippen LogP) is 6.09. The number of hydrogen-bond donors (Lipinski definition) is 2. The molecule has 1 aliphatic heterocycles. The van der Waals surface area contributed by atoms with Gasteiger partial charge in [-0.1, -0.05) is 58.9 Å². The first kappa shape index (κ1) is 29.1. The number of benzene rings is 2. The van der Waals surface area contributed by atoms with Crippen molar-refractivity contribution in [3.63, 3.8) is 0 Å². The van der Waals surface area contributed by atoms with E-state index in [0.29, 0.717) is 6.61 Å². The number of ether oxygens (including phenoxy) is 2. The van der Waals surface area contributed by atoms with Crippen molar-refractivity contribution >= 4 is 16.9 Å². The third-order valence-corrected chi connectivity index (χ3v) is 8.40. The first-order chi connectivity index (χ1) is 18.4. The summed E-state index contributed by atoms with van der Waals surface area (Å²) in [6, 6.07) is 14.9. The number of likely N-dealkylation sites (N-methyl/N-ethyl adjacent to an activating group) is 1. The van der Waals surface area contributed by atoms with Crippen molar-refractivity contribution in [2.45, 2.75) is 78.0 Å². The lowest BCUT2D eigenvalue weighted by atomic mass is 9.70. The SMILES string of the molecule is CCC(CC)(c1ccc(OCC(O)C(C)(C)C)c(C)c1)c1ccc2cc(C3COC3N(C)CC(=O)O)oc2c1. The molecule has 212 valence electrons. The lowest BCUT2D eigenvalue weighted by molar-refractivity contribution is -0.171. The van der Waals surface area contributed by atoms with Gasteiger partial charge >= 0.3 is 5.97 Å². The van der Waals surface area contributed by atoms with Crippen LogP contribution >= 0.6 is 0 Å². The van der Waals surface area contributed by atoms with Gasteiger partial charge in [0.05, 0.1) is 25.2 Å². The molecule has 0 bridgehead atoms. The Morgan fingerprint density at radius 3 is 2.33 bits per heavy atom.